The molecule has 2 aromatic heterocycles. The number of pyridine rings is 2. The van der Waals surface area contributed by atoms with Crippen molar-refractivity contribution in [2.45, 2.75) is 77.2 Å². The molecular formula is C27H40BrFN6O4Si. The molecule has 220 valence electrons. The number of halogens is 2. The van der Waals surface area contributed by atoms with Gasteiger partial charge in [-0.25, -0.2) is 14.2 Å². The smallest absolute Gasteiger partial charge is 0.407 e. The summed E-state index contributed by atoms with van der Waals surface area (Å²) in [6.07, 6.45) is 4.12. The van der Waals surface area contributed by atoms with Gasteiger partial charge in [0.05, 0.1) is 29.3 Å². The summed E-state index contributed by atoms with van der Waals surface area (Å²) in [6.45, 7) is 14.6. The quantitative estimate of drug-likeness (QED) is 0.236. The summed E-state index contributed by atoms with van der Waals surface area (Å²) in [5.41, 5.74) is 6.11. The zero-order valence-corrected chi connectivity index (χ0v) is 26.7. The molecule has 0 bridgehead atoms. The highest BCUT2D eigenvalue weighted by Crippen LogP contribution is 2.44. The number of nitrogens with one attached hydrogen (secondary N) is 2. The van der Waals surface area contributed by atoms with Crippen LogP contribution in [0.1, 0.15) is 57.9 Å². The van der Waals surface area contributed by atoms with Crippen molar-refractivity contribution in [3.8, 4) is 0 Å². The van der Waals surface area contributed by atoms with Crippen LogP contribution >= 0.6 is 15.9 Å². The van der Waals surface area contributed by atoms with Crippen LogP contribution in [-0.2, 0) is 4.74 Å². The number of nitrogens with zero attached hydrogens (tertiary/aromatic N) is 3. The van der Waals surface area contributed by atoms with Crippen LogP contribution in [0.5, 0.6) is 0 Å². The van der Waals surface area contributed by atoms with E-state index in [4.69, 9.17) is 10.5 Å². The average Bonchev–Trinajstić information content (AvgIpc) is 2.80. The fraction of sp³-hybridized carbons (Fsp3) is 0.556. The average molecular weight is 640 g/mol. The first-order chi connectivity index (χ1) is 18.4. The highest BCUT2D eigenvalue weighted by atomic mass is 79.9. The van der Waals surface area contributed by atoms with Crippen molar-refractivity contribution in [3.63, 3.8) is 0 Å². The summed E-state index contributed by atoms with van der Waals surface area (Å²) in [5.74, 6) is -1.18. The second-order valence-electron chi connectivity index (χ2n) is 12.4. The molecule has 1 fully saturated rings. The normalized spacial score (nSPS) is 18.3. The summed E-state index contributed by atoms with van der Waals surface area (Å²) >= 11 is 2.99. The number of amides is 2. The lowest BCUT2D eigenvalue weighted by atomic mass is 9.84. The second kappa shape index (κ2) is 12.0. The Morgan fingerprint density at radius 2 is 1.98 bits per heavy atom. The third-order valence-corrected chi connectivity index (χ3v) is 11.5. The molecule has 0 saturated carbocycles. The van der Waals surface area contributed by atoms with Crippen LogP contribution in [0.2, 0.25) is 18.1 Å². The molecular weight excluding hydrogens is 599 g/mol. The van der Waals surface area contributed by atoms with Gasteiger partial charge in [0.1, 0.15) is 10.2 Å². The third-order valence-electron chi connectivity index (χ3n) is 7.45. The maximum Gasteiger partial charge on any atom is 0.407 e. The minimum absolute atomic E-state index is 0.0935. The van der Waals surface area contributed by atoms with E-state index in [2.05, 4.69) is 55.3 Å². The van der Waals surface area contributed by atoms with E-state index in [1.165, 1.54) is 6.20 Å². The van der Waals surface area contributed by atoms with E-state index in [-0.39, 0.29) is 33.0 Å². The van der Waals surface area contributed by atoms with Crippen LogP contribution in [0, 0.1) is 11.7 Å². The molecule has 1 aliphatic heterocycles. The van der Waals surface area contributed by atoms with Crippen molar-refractivity contribution >= 4 is 53.3 Å². The lowest BCUT2D eigenvalue weighted by Gasteiger charge is -2.45. The lowest BCUT2D eigenvalue weighted by molar-refractivity contribution is 0.0474. The number of hydrogen-bond acceptors (Lipinski definition) is 8. The summed E-state index contributed by atoms with van der Waals surface area (Å²) < 4.78 is 19.2. The molecule has 5 N–H and O–H groups in total. The molecule has 10 nitrogen and oxygen atoms in total. The van der Waals surface area contributed by atoms with Crippen LogP contribution in [0.25, 0.3) is 0 Å². The fourth-order valence-corrected chi connectivity index (χ4v) is 5.65. The van der Waals surface area contributed by atoms with Gasteiger partial charge in [-0.2, -0.15) is 0 Å². The van der Waals surface area contributed by atoms with Crippen LogP contribution in [0.3, 0.4) is 0 Å². The lowest BCUT2D eigenvalue weighted by Crippen LogP contribution is -2.55. The van der Waals surface area contributed by atoms with Crippen LogP contribution in [0.15, 0.2) is 29.1 Å². The molecule has 1 aliphatic rings. The molecule has 13 heteroatoms. The summed E-state index contributed by atoms with van der Waals surface area (Å²) in [4.78, 5) is 47.0. The van der Waals surface area contributed by atoms with Gasteiger partial charge in [-0.05, 0) is 79.7 Å². The maximum absolute atomic E-state index is 13.8. The van der Waals surface area contributed by atoms with Gasteiger partial charge in [0.2, 0.25) is 0 Å². The van der Waals surface area contributed by atoms with E-state index in [1.807, 2.05) is 33.9 Å². The van der Waals surface area contributed by atoms with Gasteiger partial charge in [0, 0.05) is 25.4 Å². The first-order valence-corrected chi connectivity index (χ1v) is 17.0. The van der Waals surface area contributed by atoms with Crippen molar-refractivity contribution in [3.05, 3.63) is 40.6 Å². The van der Waals surface area contributed by atoms with E-state index in [0.717, 1.165) is 18.9 Å². The largest absolute Gasteiger partial charge is 0.444 e. The SMILES string of the molecule is CC(C)(C)OC(=O)N[C@@H]1CN(c2ccncc2NC(=O)c2nc(Br)c(F)cc2N)CC[C@H]1CC(C)(C)[Si](C)(C)O. The number of carbonyl (C=O) groups excluding carboxylic acids is 2. The third kappa shape index (κ3) is 7.91. The molecule has 2 atom stereocenters. The van der Waals surface area contributed by atoms with Gasteiger partial charge in [0.15, 0.2) is 19.8 Å². The number of carbonyl (C=O) groups is 2. The first-order valence-electron chi connectivity index (χ1n) is 13.2. The second-order valence-corrected chi connectivity index (χ2v) is 17.7. The summed E-state index contributed by atoms with van der Waals surface area (Å²) in [6, 6.07) is 2.54. The van der Waals surface area contributed by atoms with Gasteiger partial charge in [-0.3, -0.25) is 9.78 Å². The zero-order chi connectivity index (χ0) is 30.0. The Labute approximate surface area is 244 Å². The number of nitrogens with two attached hydrogens (primary N) is 1. The number of alkyl carbamates (subject to hydrolysis) is 1. The molecule has 40 heavy (non-hydrogen) atoms. The Morgan fingerprint density at radius 1 is 1.30 bits per heavy atom. The maximum atomic E-state index is 13.8. The highest BCUT2D eigenvalue weighted by Gasteiger charge is 2.43. The van der Waals surface area contributed by atoms with Crippen molar-refractivity contribution in [1.29, 1.82) is 0 Å². The number of anilines is 3. The Hall–Kier alpha value is -2.77. The van der Waals surface area contributed by atoms with E-state index < -0.39 is 31.7 Å². The highest BCUT2D eigenvalue weighted by molar-refractivity contribution is 9.10. The molecule has 0 radical (unpaired) electrons. The predicted molar refractivity (Wildman–Crippen MR) is 160 cm³/mol. The van der Waals surface area contributed by atoms with E-state index in [9.17, 15) is 18.8 Å². The first kappa shape index (κ1) is 31.8. The van der Waals surface area contributed by atoms with Gasteiger partial charge in [-0.15, -0.1) is 0 Å². The molecule has 0 aliphatic carbocycles. The predicted octanol–water partition coefficient (Wildman–Crippen LogP) is 5.30. The number of nitrogen functional groups attached to an aromatic ring is 1. The van der Waals surface area contributed by atoms with Crippen LogP contribution in [-0.4, -0.2) is 59.8 Å². The van der Waals surface area contributed by atoms with Crippen molar-refractivity contribution in [2.75, 3.05) is 29.0 Å². The van der Waals surface area contributed by atoms with Crippen molar-refractivity contribution in [1.82, 2.24) is 15.3 Å². The Balaban J connectivity index is 1.87. The zero-order valence-electron chi connectivity index (χ0n) is 24.1. The number of aromatic nitrogens is 2. The summed E-state index contributed by atoms with van der Waals surface area (Å²) in [7, 11) is -2.49. The molecule has 0 spiro atoms. The topological polar surface area (TPSA) is 143 Å². The van der Waals surface area contributed by atoms with Gasteiger partial charge >= 0.3 is 6.09 Å². The summed E-state index contributed by atoms with van der Waals surface area (Å²) in [5, 5.41) is 5.59. The molecule has 3 heterocycles. The van der Waals surface area contributed by atoms with Crippen LogP contribution < -0.4 is 21.3 Å². The minimum atomic E-state index is -2.49. The van der Waals surface area contributed by atoms with Gasteiger partial charge < -0.3 is 30.8 Å². The monoisotopic (exact) mass is 638 g/mol. The molecule has 2 aromatic rings. The molecule has 0 unspecified atom stereocenters. The van der Waals surface area contributed by atoms with Crippen LogP contribution in [0.4, 0.5) is 26.2 Å². The Bertz CT molecular complexity index is 1250. The van der Waals surface area contributed by atoms with Crippen molar-refractivity contribution in [2.24, 2.45) is 5.92 Å². The van der Waals surface area contributed by atoms with E-state index in [0.29, 0.717) is 24.5 Å². The Kier molecular flexibility index (Phi) is 9.52. The number of piperidine rings is 1. The Morgan fingerprint density at radius 3 is 2.60 bits per heavy atom. The van der Waals surface area contributed by atoms with E-state index >= 15 is 0 Å². The molecule has 1 saturated heterocycles. The fourth-order valence-electron chi connectivity index (χ4n) is 4.59. The number of ether oxygens (including phenoxy) is 1. The van der Waals surface area contributed by atoms with Crippen molar-refractivity contribution < 1.29 is 23.5 Å². The standard InChI is InChI=1S/C27H40BrFN6O4Si/c1-26(2,3)39-25(37)33-20-15-35(11-9-16(20)13-27(4,5)40(6,7)38)21-8-10-31-14-19(21)32-24(36)22-18(30)12-17(29)23(28)34-22/h8,10,12,14,16,20,38H,9,11,13,15,30H2,1-7H3,(H,32,36)(H,33,37)/t16-,20+/m0/s1. The van der Waals surface area contributed by atoms with Gasteiger partial charge in [0.25, 0.3) is 5.91 Å². The number of rotatable bonds is 7. The molecule has 3 rings (SSSR count). The molecule has 2 amide bonds. The van der Waals surface area contributed by atoms with E-state index in [1.54, 1.807) is 12.3 Å². The van der Waals surface area contributed by atoms with Gasteiger partial charge in [-0.1, -0.05) is 13.8 Å². The minimum Gasteiger partial charge on any atom is -0.444 e. The number of hydrogen-bond donors (Lipinski definition) is 4. The molecule has 0 aromatic carbocycles.